The van der Waals surface area contributed by atoms with E-state index >= 15 is 0 Å². The van der Waals surface area contributed by atoms with Gasteiger partial charge in [0.25, 0.3) is 0 Å². The molecule has 0 aliphatic carbocycles. The Labute approximate surface area is 142 Å². The van der Waals surface area contributed by atoms with Crippen LogP contribution in [0.25, 0.3) is 0 Å². The van der Waals surface area contributed by atoms with Crippen molar-refractivity contribution in [3.05, 3.63) is 72.1 Å². The Morgan fingerprint density at radius 2 is 1.79 bits per heavy atom. The number of rotatable bonds is 4. The summed E-state index contributed by atoms with van der Waals surface area (Å²) in [7, 11) is 0. The van der Waals surface area contributed by atoms with Crippen molar-refractivity contribution in [2.24, 2.45) is 0 Å². The van der Waals surface area contributed by atoms with Crippen LogP contribution >= 0.6 is 12.2 Å². The van der Waals surface area contributed by atoms with Crippen LogP contribution < -0.4 is 10.6 Å². The van der Waals surface area contributed by atoms with Crippen LogP contribution in [0.15, 0.2) is 54.9 Å². The molecule has 122 valence electrons. The summed E-state index contributed by atoms with van der Waals surface area (Å²) in [6.45, 7) is 0.385. The Hall–Kier alpha value is -2.87. The largest absolute Gasteiger partial charge is 0.332 e. The maximum Gasteiger partial charge on any atom is 0.248 e. The summed E-state index contributed by atoms with van der Waals surface area (Å²) in [5, 5.41) is 10.1. The number of anilines is 2. The molecule has 0 radical (unpaired) electrons. The molecule has 2 N–H and O–H groups in total. The van der Waals surface area contributed by atoms with E-state index in [1.54, 1.807) is 28.9 Å². The van der Waals surface area contributed by atoms with E-state index in [1.165, 1.54) is 30.6 Å². The lowest BCUT2D eigenvalue weighted by Crippen LogP contribution is -2.20. The highest BCUT2D eigenvalue weighted by molar-refractivity contribution is 7.80. The first-order valence-electron chi connectivity index (χ1n) is 7.06. The SMILES string of the molecule is Fc1cccc(Cn2cnc(NC(=S)Nc3cccc(F)c3)n2)c1. The van der Waals surface area contributed by atoms with Gasteiger partial charge in [-0.25, -0.2) is 18.4 Å². The zero-order chi connectivity index (χ0) is 16.9. The monoisotopic (exact) mass is 345 g/mol. The van der Waals surface area contributed by atoms with Gasteiger partial charge >= 0.3 is 0 Å². The summed E-state index contributed by atoms with van der Waals surface area (Å²) in [6, 6.07) is 12.2. The smallest absolute Gasteiger partial charge is 0.248 e. The second-order valence-electron chi connectivity index (χ2n) is 4.99. The number of aromatic nitrogens is 3. The van der Waals surface area contributed by atoms with Crippen LogP contribution in [0.1, 0.15) is 5.56 Å². The van der Waals surface area contributed by atoms with Crippen LogP contribution in [-0.4, -0.2) is 19.9 Å². The summed E-state index contributed by atoms with van der Waals surface area (Å²) >= 11 is 5.13. The molecule has 0 spiro atoms. The van der Waals surface area contributed by atoms with Gasteiger partial charge < -0.3 is 5.32 Å². The summed E-state index contributed by atoms with van der Waals surface area (Å²) < 4.78 is 27.9. The van der Waals surface area contributed by atoms with Gasteiger partial charge in [0, 0.05) is 5.69 Å². The first kappa shape index (κ1) is 16.0. The fourth-order valence-corrected chi connectivity index (χ4v) is 2.29. The minimum Gasteiger partial charge on any atom is -0.332 e. The van der Waals surface area contributed by atoms with Gasteiger partial charge in [-0.2, -0.15) is 0 Å². The molecule has 0 saturated carbocycles. The number of nitrogens with zero attached hydrogens (tertiary/aromatic N) is 3. The van der Waals surface area contributed by atoms with E-state index in [-0.39, 0.29) is 16.7 Å². The first-order chi connectivity index (χ1) is 11.6. The summed E-state index contributed by atoms with van der Waals surface area (Å²) in [5.74, 6) is -0.368. The molecule has 3 rings (SSSR count). The van der Waals surface area contributed by atoms with E-state index in [4.69, 9.17) is 12.2 Å². The van der Waals surface area contributed by atoms with Crippen LogP contribution in [0.5, 0.6) is 0 Å². The molecule has 0 aliphatic rings. The van der Waals surface area contributed by atoms with E-state index in [0.717, 1.165) is 5.56 Å². The highest BCUT2D eigenvalue weighted by Gasteiger charge is 2.05. The van der Waals surface area contributed by atoms with Crippen molar-refractivity contribution in [3.8, 4) is 0 Å². The van der Waals surface area contributed by atoms with Gasteiger partial charge in [0.1, 0.15) is 18.0 Å². The molecule has 0 saturated heterocycles. The van der Waals surface area contributed by atoms with Gasteiger partial charge in [0.15, 0.2) is 5.11 Å². The third-order valence-electron chi connectivity index (χ3n) is 3.08. The second-order valence-corrected chi connectivity index (χ2v) is 5.39. The summed E-state index contributed by atoms with van der Waals surface area (Å²) in [6.07, 6.45) is 1.51. The number of hydrogen-bond acceptors (Lipinski definition) is 3. The van der Waals surface area contributed by atoms with Gasteiger partial charge in [0.05, 0.1) is 6.54 Å². The van der Waals surface area contributed by atoms with E-state index in [9.17, 15) is 8.78 Å². The molecule has 8 heteroatoms. The fraction of sp³-hybridized carbons (Fsp3) is 0.0625. The van der Waals surface area contributed by atoms with Crippen LogP contribution in [0.4, 0.5) is 20.4 Å². The average molecular weight is 345 g/mol. The van der Waals surface area contributed by atoms with Crippen molar-refractivity contribution < 1.29 is 8.78 Å². The number of halogens is 2. The lowest BCUT2D eigenvalue weighted by atomic mass is 10.2. The fourth-order valence-electron chi connectivity index (χ4n) is 2.08. The van der Waals surface area contributed by atoms with E-state index in [0.29, 0.717) is 18.2 Å². The number of hydrogen-bond donors (Lipinski definition) is 2. The third-order valence-corrected chi connectivity index (χ3v) is 3.28. The molecule has 0 bridgehead atoms. The van der Waals surface area contributed by atoms with E-state index in [1.807, 2.05) is 0 Å². The lowest BCUT2D eigenvalue weighted by molar-refractivity contribution is 0.619. The van der Waals surface area contributed by atoms with Crippen LogP contribution in [0.3, 0.4) is 0 Å². The number of nitrogens with one attached hydrogen (secondary N) is 2. The molecule has 0 atom stereocenters. The van der Waals surface area contributed by atoms with Crippen LogP contribution in [0, 0.1) is 11.6 Å². The summed E-state index contributed by atoms with van der Waals surface area (Å²) in [4.78, 5) is 4.08. The van der Waals surface area contributed by atoms with Gasteiger partial charge in [0.2, 0.25) is 5.95 Å². The van der Waals surface area contributed by atoms with E-state index < -0.39 is 0 Å². The van der Waals surface area contributed by atoms with E-state index in [2.05, 4.69) is 20.7 Å². The number of thiocarbonyl (C=S) groups is 1. The Morgan fingerprint density at radius 3 is 2.54 bits per heavy atom. The molecule has 2 aromatic carbocycles. The van der Waals surface area contributed by atoms with Gasteiger partial charge in [-0.1, -0.05) is 18.2 Å². The van der Waals surface area contributed by atoms with Crippen molar-refractivity contribution >= 4 is 29.0 Å². The maximum absolute atomic E-state index is 13.2. The first-order valence-corrected chi connectivity index (χ1v) is 7.47. The van der Waals surface area contributed by atoms with Gasteiger partial charge in [-0.15, -0.1) is 5.10 Å². The van der Waals surface area contributed by atoms with Crippen LogP contribution in [-0.2, 0) is 6.54 Å². The van der Waals surface area contributed by atoms with Gasteiger partial charge in [-0.3, -0.25) is 5.32 Å². The minimum absolute atomic E-state index is 0.240. The Balaban J connectivity index is 1.60. The molecule has 1 heterocycles. The Kier molecular flexibility index (Phi) is 4.76. The molecule has 0 fully saturated rings. The normalized spacial score (nSPS) is 10.4. The maximum atomic E-state index is 13.2. The zero-order valence-electron chi connectivity index (χ0n) is 12.4. The van der Waals surface area contributed by atoms with Crippen molar-refractivity contribution in [3.63, 3.8) is 0 Å². The molecular weight excluding hydrogens is 332 g/mol. The molecule has 0 unspecified atom stereocenters. The second kappa shape index (κ2) is 7.14. The lowest BCUT2D eigenvalue weighted by Gasteiger charge is -2.07. The summed E-state index contributed by atoms with van der Waals surface area (Å²) in [5.41, 5.74) is 1.29. The molecule has 5 nitrogen and oxygen atoms in total. The van der Waals surface area contributed by atoms with Crippen molar-refractivity contribution in [2.45, 2.75) is 6.54 Å². The molecule has 24 heavy (non-hydrogen) atoms. The molecule has 1 aromatic heterocycles. The zero-order valence-corrected chi connectivity index (χ0v) is 13.2. The van der Waals surface area contributed by atoms with Crippen molar-refractivity contribution in [1.29, 1.82) is 0 Å². The standard InChI is InChI=1S/C16H13F2N5S/c17-12-4-1-3-11(7-12)9-23-10-19-15(22-23)21-16(24)20-14-6-2-5-13(18)8-14/h1-8,10H,9H2,(H2,20,21,22,24). The molecule has 0 aliphatic heterocycles. The number of benzene rings is 2. The highest BCUT2D eigenvalue weighted by atomic mass is 32.1. The predicted octanol–water partition coefficient (Wildman–Crippen LogP) is 3.41. The highest BCUT2D eigenvalue weighted by Crippen LogP contribution is 2.10. The predicted molar refractivity (Wildman–Crippen MR) is 91.8 cm³/mol. The quantitative estimate of drug-likeness (QED) is 0.710. The molecule has 0 amide bonds. The third kappa shape index (κ3) is 4.32. The molecule has 3 aromatic rings. The van der Waals surface area contributed by atoms with Gasteiger partial charge in [-0.05, 0) is 48.1 Å². The topological polar surface area (TPSA) is 54.8 Å². The van der Waals surface area contributed by atoms with Crippen molar-refractivity contribution in [1.82, 2.24) is 14.8 Å². The van der Waals surface area contributed by atoms with Crippen LogP contribution in [0.2, 0.25) is 0 Å². The molecular formula is C16H13F2N5S. The minimum atomic E-state index is -0.361. The average Bonchev–Trinajstić information content (AvgIpc) is 2.94. The Bertz CT molecular complexity index is 865. The Morgan fingerprint density at radius 1 is 1.04 bits per heavy atom. The van der Waals surface area contributed by atoms with Crippen molar-refractivity contribution in [2.75, 3.05) is 10.6 Å².